The molecule has 1 heterocycles. The minimum absolute atomic E-state index is 0.0768. The molecule has 1 aliphatic heterocycles. The highest BCUT2D eigenvalue weighted by Crippen LogP contribution is 2.20. The number of carbonyl (C=O) groups is 1. The summed E-state index contributed by atoms with van der Waals surface area (Å²) < 4.78 is 10.9. The van der Waals surface area contributed by atoms with Crippen molar-refractivity contribution in [3.05, 3.63) is 59.2 Å². The topological polar surface area (TPSA) is 71.0 Å². The van der Waals surface area contributed by atoms with Crippen molar-refractivity contribution < 1.29 is 19.4 Å². The Morgan fingerprint density at radius 3 is 2.57 bits per heavy atom. The summed E-state index contributed by atoms with van der Waals surface area (Å²) in [5, 5.41) is 13.1. The van der Waals surface area contributed by atoms with Crippen LogP contribution in [0.15, 0.2) is 42.5 Å². The first-order valence-corrected chi connectivity index (χ1v) is 9.60. The number of hydrogen-bond donors (Lipinski definition) is 2. The summed E-state index contributed by atoms with van der Waals surface area (Å²) in [7, 11) is 0. The lowest BCUT2D eigenvalue weighted by Crippen LogP contribution is -2.36. The number of hydrogen-bond acceptors (Lipinski definition) is 5. The normalized spacial score (nSPS) is 15.2. The zero-order valence-electron chi connectivity index (χ0n) is 16.5. The smallest absolute Gasteiger partial charge is 0.258 e. The van der Waals surface area contributed by atoms with Crippen LogP contribution in [0.3, 0.4) is 0 Å². The third-order valence-electron chi connectivity index (χ3n) is 4.84. The Labute approximate surface area is 166 Å². The zero-order chi connectivity index (χ0) is 19.9. The first kappa shape index (κ1) is 20.2. The van der Waals surface area contributed by atoms with E-state index in [1.165, 1.54) is 0 Å². The van der Waals surface area contributed by atoms with Crippen LogP contribution in [-0.4, -0.2) is 50.5 Å². The number of nitrogens with zero attached hydrogens (tertiary/aromatic N) is 1. The zero-order valence-corrected chi connectivity index (χ0v) is 16.5. The molecule has 0 radical (unpaired) electrons. The van der Waals surface area contributed by atoms with Gasteiger partial charge in [-0.1, -0.05) is 29.8 Å². The van der Waals surface area contributed by atoms with E-state index in [0.717, 1.165) is 48.7 Å². The third-order valence-corrected chi connectivity index (χ3v) is 4.84. The Morgan fingerprint density at radius 2 is 1.89 bits per heavy atom. The molecular formula is C22H28N2O4. The van der Waals surface area contributed by atoms with E-state index in [1.54, 1.807) is 0 Å². The number of rotatable bonds is 7. The van der Waals surface area contributed by atoms with Gasteiger partial charge in [0.05, 0.1) is 19.3 Å². The second kappa shape index (κ2) is 9.57. The van der Waals surface area contributed by atoms with Gasteiger partial charge in [-0.25, -0.2) is 0 Å². The van der Waals surface area contributed by atoms with Crippen molar-refractivity contribution in [3.63, 3.8) is 0 Å². The van der Waals surface area contributed by atoms with E-state index < -0.39 is 6.10 Å². The Kier molecular flexibility index (Phi) is 6.90. The number of carbonyl (C=O) groups excluding carboxylic acids is 1. The standard InChI is InChI=1S/C22H28N2O4/c1-16-3-8-21(17(2)13-16)28-15-22(26)23-14-20(25)18-4-6-19(7-5-18)24-9-11-27-12-10-24/h3-8,13,20,25H,9-12,14-15H2,1-2H3,(H,23,26). The number of aliphatic hydroxyl groups excluding tert-OH is 1. The molecule has 28 heavy (non-hydrogen) atoms. The molecule has 6 nitrogen and oxygen atoms in total. The minimum atomic E-state index is -0.760. The van der Waals surface area contributed by atoms with Crippen molar-refractivity contribution >= 4 is 11.6 Å². The molecule has 3 rings (SSSR count). The van der Waals surface area contributed by atoms with E-state index >= 15 is 0 Å². The van der Waals surface area contributed by atoms with E-state index in [9.17, 15) is 9.90 Å². The number of nitrogens with one attached hydrogen (secondary N) is 1. The highest BCUT2D eigenvalue weighted by molar-refractivity contribution is 5.77. The van der Waals surface area contributed by atoms with Crippen molar-refractivity contribution in [1.29, 1.82) is 0 Å². The van der Waals surface area contributed by atoms with Gasteiger partial charge in [0.1, 0.15) is 5.75 Å². The highest BCUT2D eigenvalue weighted by Gasteiger charge is 2.14. The van der Waals surface area contributed by atoms with Gasteiger partial charge in [0.15, 0.2) is 6.61 Å². The van der Waals surface area contributed by atoms with Gasteiger partial charge in [-0.15, -0.1) is 0 Å². The van der Waals surface area contributed by atoms with E-state index in [4.69, 9.17) is 9.47 Å². The van der Waals surface area contributed by atoms with Crippen LogP contribution >= 0.6 is 0 Å². The van der Waals surface area contributed by atoms with Crippen LogP contribution in [0.1, 0.15) is 22.8 Å². The van der Waals surface area contributed by atoms with E-state index in [0.29, 0.717) is 5.75 Å². The average molecular weight is 384 g/mol. The number of benzene rings is 2. The van der Waals surface area contributed by atoms with Crippen molar-refractivity contribution in [1.82, 2.24) is 5.32 Å². The molecule has 2 N–H and O–H groups in total. The number of aliphatic hydroxyl groups is 1. The molecule has 0 spiro atoms. The Morgan fingerprint density at radius 1 is 1.18 bits per heavy atom. The maximum atomic E-state index is 12.0. The molecule has 1 atom stereocenters. The van der Waals surface area contributed by atoms with Gasteiger partial charge in [-0.2, -0.15) is 0 Å². The highest BCUT2D eigenvalue weighted by atomic mass is 16.5. The summed E-state index contributed by atoms with van der Waals surface area (Å²) in [5.41, 5.74) is 4.03. The quantitative estimate of drug-likeness (QED) is 0.767. The maximum Gasteiger partial charge on any atom is 0.258 e. The molecular weight excluding hydrogens is 356 g/mol. The van der Waals surface area contributed by atoms with Gasteiger partial charge in [0, 0.05) is 25.3 Å². The van der Waals surface area contributed by atoms with Crippen LogP contribution in [0.4, 0.5) is 5.69 Å². The van der Waals surface area contributed by atoms with Crippen molar-refractivity contribution in [3.8, 4) is 5.75 Å². The van der Waals surface area contributed by atoms with Crippen molar-refractivity contribution in [2.75, 3.05) is 44.4 Å². The fourth-order valence-electron chi connectivity index (χ4n) is 3.21. The monoisotopic (exact) mass is 384 g/mol. The van der Waals surface area contributed by atoms with Crippen LogP contribution in [0.5, 0.6) is 5.75 Å². The fraction of sp³-hybridized carbons (Fsp3) is 0.409. The number of amides is 1. The van der Waals surface area contributed by atoms with Gasteiger partial charge in [-0.05, 0) is 43.2 Å². The molecule has 0 bridgehead atoms. The molecule has 0 saturated carbocycles. The summed E-state index contributed by atoms with van der Waals surface area (Å²) >= 11 is 0. The SMILES string of the molecule is Cc1ccc(OCC(=O)NCC(O)c2ccc(N3CCOCC3)cc2)c(C)c1. The lowest BCUT2D eigenvalue weighted by atomic mass is 10.1. The lowest BCUT2D eigenvalue weighted by Gasteiger charge is -2.29. The van der Waals surface area contributed by atoms with Gasteiger partial charge in [-0.3, -0.25) is 4.79 Å². The summed E-state index contributed by atoms with van der Waals surface area (Å²) in [6, 6.07) is 13.6. The molecule has 1 fully saturated rings. The van der Waals surface area contributed by atoms with E-state index in [2.05, 4.69) is 10.2 Å². The fourth-order valence-corrected chi connectivity index (χ4v) is 3.21. The van der Waals surface area contributed by atoms with Crippen molar-refractivity contribution in [2.45, 2.75) is 20.0 Å². The number of morpholine rings is 1. The second-order valence-corrected chi connectivity index (χ2v) is 7.07. The molecule has 1 saturated heterocycles. The van der Waals surface area contributed by atoms with Crippen LogP contribution in [-0.2, 0) is 9.53 Å². The molecule has 1 amide bonds. The number of anilines is 1. The van der Waals surface area contributed by atoms with E-state index in [1.807, 2.05) is 56.3 Å². The predicted octanol–water partition coefficient (Wildman–Crippen LogP) is 2.37. The third kappa shape index (κ3) is 5.47. The largest absolute Gasteiger partial charge is 0.484 e. The van der Waals surface area contributed by atoms with E-state index in [-0.39, 0.29) is 19.1 Å². The molecule has 2 aromatic rings. The number of ether oxygens (including phenoxy) is 2. The summed E-state index contributed by atoms with van der Waals surface area (Å²) in [6.07, 6.45) is -0.760. The maximum absolute atomic E-state index is 12.0. The number of aryl methyl sites for hydroxylation is 2. The van der Waals surface area contributed by atoms with Gasteiger partial charge in [0.25, 0.3) is 5.91 Å². The Balaban J connectivity index is 1.45. The molecule has 0 aromatic heterocycles. The van der Waals surface area contributed by atoms with Crippen LogP contribution in [0.25, 0.3) is 0 Å². The molecule has 0 aliphatic carbocycles. The second-order valence-electron chi connectivity index (χ2n) is 7.07. The summed E-state index contributed by atoms with van der Waals surface area (Å²) in [5.74, 6) is 0.434. The predicted molar refractivity (Wildman–Crippen MR) is 109 cm³/mol. The van der Waals surface area contributed by atoms with Gasteiger partial charge < -0.3 is 24.8 Å². The molecule has 150 valence electrons. The first-order chi connectivity index (χ1) is 13.5. The molecule has 6 heteroatoms. The molecule has 2 aromatic carbocycles. The van der Waals surface area contributed by atoms with Crippen LogP contribution < -0.4 is 15.0 Å². The van der Waals surface area contributed by atoms with Gasteiger partial charge in [0.2, 0.25) is 0 Å². The van der Waals surface area contributed by atoms with Crippen molar-refractivity contribution in [2.24, 2.45) is 0 Å². The Hall–Kier alpha value is -2.57. The Bertz CT molecular complexity index is 786. The molecule has 1 aliphatic rings. The summed E-state index contributed by atoms with van der Waals surface area (Å²) in [4.78, 5) is 14.3. The van der Waals surface area contributed by atoms with Crippen LogP contribution in [0, 0.1) is 13.8 Å². The van der Waals surface area contributed by atoms with Gasteiger partial charge >= 0.3 is 0 Å². The lowest BCUT2D eigenvalue weighted by molar-refractivity contribution is -0.123. The average Bonchev–Trinajstić information content (AvgIpc) is 2.72. The summed E-state index contributed by atoms with van der Waals surface area (Å²) in [6.45, 7) is 7.25. The molecule has 1 unspecified atom stereocenters. The van der Waals surface area contributed by atoms with Crippen LogP contribution in [0.2, 0.25) is 0 Å². The minimum Gasteiger partial charge on any atom is -0.484 e. The first-order valence-electron chi connectivity index (χ1n) is 9.60.